The van der Waals surface area contributed by atoms with Gasteiger partial charge in [-0.15, -0.1) is 10.2 Å². The minimum atomic E-state index is -0.158. The van der Waals surface area contributed by atoms with Crippen molar-refractivity contribution in [1.29, 1.82) is 0 Å². The van der Waals surface area contributed by atoms with E-state index in [2.05, 4.69) is 15.5 Å². The van der Waals surface area contributed by atoms with E-state index < -0.39 is 0 Å². The van der Waals surface area contributed by atoms with E-state index in [1.165, 1.54) is 11.8 Å². The van der Waals surface area contributed by atoms with E-state index in [0.29, 0.717) is 27.4 Å². The third-order valence-corrected chi connectivity index (χ3v) is 5.48. The summed E-state index contributed by atoms with van der Waals surface area (Å²) in [5, 5.41) is 12.6. The number of hydrogen-bond donors (Lipinski definition) is 1. The van der Waals surface area contributed by atoms with E-state index in [1.807, 2.05) is 70.3 Å². The average molecular weight is 440 g/mol. The SMILES string of the molecule is COc1cccc(NC(=O)CSc2nnc(-c3ccccc3Cl)n2-n2cccc2)c1. The first-order chi connectivity index (χ1) is 14.7. The number of amides is 1. The van der Waals surface area contributed by atoms with Crippen molar-refractivity contribution in [3.8, 4) is 17.1 Å². The Bertz CT molecular complexity index is 1160. The van der Waals surface area contributed by atoms with Gasteiger partial charge in [-0.3, -0.25) is 9.47 Å². The van der Waals surface area contributed by atoms with Crippen LogP contribution in [0.2, 0.25) is 5.02 Å². The molecule has 0 radical (unpaired) electrons. The van der Waals surface area contributed by atoms with E-state index in [0.717, 1.165) is 5.56 Å². The maximum absolute atomic E-state index is 12.5. The zero-order chi connectivity index (χ0) is 20.9. The fourth-order valence-electron chi connectivity index (χ4n) is 2.86. The lowest BCUT2D eigenvalue weighted by Crippen LogP contribution is -2.16. The summed E-state index contributed by atoms with van der Waals surface area (Å²) in [4.78, 5) is 12.5. The molecule has 0 saturated heterocycles. The largest absolute Gasteiger partial charge is 0.497 e. The molecule has 4 rings (SSSR count). The highest BCUT2D eigenvalue weighted by molar-refractivity contribution is 7.99. The normalized spacial score (nSPS) is 10.7. The number of nitrogens with one attached hydrogen (secondary N) is 1. The molecule has 0 spiro atoms. The molecule has 0 aliphatic carbocycles. The molecule has 30 heavy (non-hydrogen) atoms. The van der Waals surface area contributed by atoms with Crippen LogP contribution >= 0.6 is 23.4 Å². The van der Waals surface area contributed by atoms with Gasteiger partial charge in [0.2, 0.25) is 11.1 Å². The number of benzene rings is 2. The first kappa shape index (κ1) is 20.1. The van der Waals surface area contributed by atoms with Crippen LogP contribution in [0.5, 0.6) is 5.75 Å². The third kappa shape index (κ3) is 4.34. The predicted molar refractivity (Wildman–Crippen MR) is 118 cm³/mol. The van der Waals surface area contributed by atoms with E-state index in [4.69, 9.17) is 16.3 Å². The summed E-state index contributed by atoms with van der Waals surface area (Å²) < 4.78 is 8.86. The Balaban J connectivity index is 1.56. The van der Waals surface area contributed by atoms with Crippen LogP contribution in [0, 0.1) is 0 Å². The first-order valence-electron chi connectivity index (χ1n) is 9.06. The lowest BCUT2D eigenvalue weighted by Gasteiger charge is -2.12. The molecule has 2 aromatic heterocycles. The molecule has 2 heterocycles. The van der Waals surface area contributed by atoms with Crippen molar-refractivity contribution in [3.63, 3.8) is 0 Å². The highest BCUT2D eigenvalue weighted by Crippen LogP contribution is 2.29. The molecule has 4 aromatic rings. The van der Waals surface area contributed by atoms with Gasteiger partial charge in [0.15, 0.2) is 5.82 Å². The summed E-state index contributed by atoms with van der Waals surface area (Å²) in [6.45, 7) is 0. The van der Waals surface area contributed by atoms with E-state index in [-0.39, 0.29) is 11.7 Å². The Morgan fingerprint density at radius 3 is 2.67 bits per heavy atom. The van der Waals surface area contributed by atoms with Crippen molar-refractivity contribution in [3.05, 3.63) is 78.1 Å². The molecule has 0 aliphatic heterocycles. The summed E-state index contributed by atoms with van der Waals surface area (Å²) in [7, 11) is 1.58. The van der Waals surface area contributed by atoms with Crippen molar-refractivity contribution in [1.82, 2.24) is 19.5 Å². The molecule has 0 fully saturated rings. The standard InChI is InChI=1S/C21H18ClN5O2S/c1-29-16-8-6-7-15(13-16)23-19(28)14-30-21-25-24-20(17-9-2-3-10-18(17)22)27(21)26-11-4-5-12-26/h2-13H,14H2,1H3,(H,23,28). The number of aromatic nitrogens is 4. The van der Waals surface area contributed by atoms with Gasteiger partial charge in [0, 0.05) is 29.7 Å². The van der Waals surface area contributed by atoms with Gasteiger partial charge in [0.1, 0.15) is 5.75 Å². The number of carbonyl (C=O) groups is 1. The minimum Gasteiger partial charge on any atom is -0.497 e. The zero-order valence-electron chi connectivity index (χ0n) is 16.0. The maximum Gasteiger partial charge on any atom is 0.234 e. The quantitative estimate of drug-likeness (QED) is 0.430. The monoisotopic (exact) mass is 439 g/mol. The van der Waals surface area contributed by atoms with Gasteiger partial charge in [-0.05, 0) is 36.4 Å². The number of nitrogens with zero attached hydrogens (tertiary/aromatic N) is 4. The van der Waals surface area contributed by atoms with Crippen molar-refractivity contribution in [2.24, 2.45) is 0 Å². The van der Waals surface area contributed by atoms with Gasteiger partial charge in [-0.1, -0.05) is 41.6 Å². The fraction of sp³-hybridized carbons (Fsp3) is 0.0952. The van der Waals surface area contributed by atoms with Crippen LogP contribution in [0.3, 0.4) is 0 Å². The smallest absolute Gasteiger partial charge is 0.234 e. The van der Waals surface area contributed by atoms with Crippen LogP contribution in [0.4, 0.5) is 5.69 Å². The number of halogens is 1. The molecule has 0 bridgehead atoms. The van der Waals surface area contributed by atoms with E-state index in [1.54, 1.807) is 19.2 Å². The van der Waals surface area contributed by atoms with Crippen molar-refractivity contribution in [2.75, 3.05) is 18.2 Å². The summed E-state index contributed by atoms with van der Waals surface area (Å²) in [6, 6.07) is 18.5. The average Bonchev–Trinajstić information content (AvgIpc) is 3.42. The molecule has 152 valence electrons. The van der Waals surface area contributed by atoms with Crippen LogP contribution in [0.25, 0.3) is 11.4 Å². The fourth-order valence-corrected chi connectivity index (χ4v) is 3.82. The molecule has 0 saturated carbocycles. The summed E-state index contributed by atoms with van der Waals surface area (Å²) >= 11 is 7.66. The zero-order valence-corrected chi connectivity index (χ0v) is 17.6. The van der Waals surface area contributed by atoms with Crippen molar-refractivity contribution in [2.45, 2.75) is 5.16 Å². The molecule has 0 unspecified atom stereocenters. The van der Waals surface area contributed by atoms with Gasteiger partial charge >= 0.3 is 0 Å². The number of methoxy groups -OCH3 is 1. The molecule has 0 atom stereocenters. The number of thioether (sulfide) groups is 1. The van der Waals surface area contributed by atoms with Crippen LogP contribution in [0.15, 0.2) is 78.2 Å². The third-order valence-electron chi connectivity index (χ3n) is 4.23. The van der Waals surface area contributed by atoms with Crippen LogP contribution in [-0.4, -0.2) is 38.3 Å². The molecule has 9 heteroatoms. The van der Waals surface area contributed by atoms with Gasteiger partial charge in [0.05, 0.1) is 17.9 Å². The number of hydrogen-bond acceptors (Lipinski definition) is 5. The van der Waals surface area contributed by atoms with Gasteiger partial charge in [0.25, 0.3) is 0 Å². The topological polar surface area (TPSA) is 74.0 Å². The highest BCUT2D eigenvalue weighted by atomic mass is 35.5. The Labute approximate surface area is 182 Å². The lowest BCUT2D eigenvalue weighted by atomic mass is 10.2. The number of anilines is 1. The minimum absolute atomic E-state index is 0.158. The molecule has 1 amide bonds. The van der Waals surface area contributed by atoms with Gasteiger partial charge in [-0.25, -0.2) is 4.68 Å². The second kappa shape index (κ2) is 9.06. The number of ether oxygens (including phenoxy) is 1. The first-order valence-corrected chi connectivity index (χ1v) is 10.4. The summed E-state index contributed by atoms with van der Waals surface area (Å²) in [5.74, 6) is 1.28. The van der Waals surface area contributed by atoms with Crippen LogP contribution in [-0.2, 0) is 4.79 Å². The summed E-state index contributed by atoms with van der Waals surface area (Å²) in [6.07, 6.45) is 3.76. The molecular weight excluding hydrogens is 422 g/mol. The second-order valence-electron chi connectivity index (χ2n) is 6.23. The molecular formula is C21H18ClN5O2S. The number of rotatable bonds is 7. The molecule has 7 nitrogen and oxygen atoms in total. The molecule has 2 aromatic carbocycles. The van der Waals surface area contributed by atoms with E-state index in [9.17, 15) is 4.79 Å². The van der Waals surface area contributed by atoms with Crippen molar-refractivity contribution < 1.29 is 9.53 Å². The highest BCUT2D eigenvalue weighted by Gasteiger charge is 2.18. The van der Waals surface area contributed by atoms with Crippen molar-refractivity contribution >= 4 is 35.0 Å². The predicted octanol–water partition coefficient (Wildman–Crippen LogP) is 4.45. The number of carbonyl (C=O) groups excluding carboxylic acids is 1. The van der Waals surface area contributed by atoms with Gasteiger partial charge in [-0.2, -0.15) is 0 Å². The lowest BCUT2D eigenvalue weighted by molar-refractivity contribution is -0.113. The van der Waals surface area contributed by atoms with Crippen LogP contribution < -0.4 is 10.1 Å². The molecule has 0 aliphatic rings. The van der Waals surface area contributed by atoms with Gasteiger partial charge < -0.3 is 10.1 Å². The van der Waals surface area contributed by atoms with Crippen LogP contribution in [0.1, 0.15) is 0 Å². The second-order valence-corrected chi connectivity index (χ2v) is 7.58. The maximum atomic E-state index is 12.5. The Morgan fingerprint density at radius 2 is 1.90 bits per heavy atom. The Hall–Kier alpha value is -3.23. The van der Waals surface area contributed by atoms with E-state index >= 15 is 0 Å². The Morgan fingerprint density at radius 1 is 1.10 bits per heavy atom. The summed E-state index contributed by atoms with van der Waals surface area (Å²) in [5.41, 5.74) is 1.43. The Kier molecular flexibility index (Phi) is 6.06. The molecule has 1 N–H and O–H groups in total.